The van der Waals surface area contributed by atoms with E-state index < -0.39 is 0 Å². The fourth-order valence-electron chi connectivity index (χ4n) is 1.46. The van der Waals surface area contributed by atoms with Gasteiger partial charge < -0.3 is 10.1 Å². The van der Waals surface area contributed by atoms with Gasteiger partial charge in [-0.05, 0) is 12.5 Å². The van der Waals surface area contributed by atoms with Gasteiger partial charge in [0.25, 0.3) is 0 Å². The van der Waals surface area contributed by atoms with Crippen molar-refractivity contribution in [3.8, 4) is 5.88 Å². The largest absolute Gasteiger partial charge is 0.481 e. The smallest absolute Gasteiger partial charge is 0.212 e. The Morgan fingerprint density at radius 1 is 1.35 bits per heavy atom. The van der Waals surface area contributed by atoms with Crippen molar-refractivity contribution in [3.63, 3.8) is 0 Å². The van der Waals surface area contributed by atoms with Crippen LogP contribution in [0, 0.1) is 6.92 Å². The zero-order chi connectivity index (χ0) is 12.1. The maximum atomic E-state index is 5.01. The second-order valence-corrected chi connectivity index (χ2v) is 4.73. The molecule has 0 radical (unpaired) electrons. The normalized spacial score (nSPS) is 10.5. The van der Waals surface area contributed by atoms with Crippen LogP contribution in [0.3, 0.4) is 0 Å². The summed E-state index contributed by atoms with van der Waals surface area (Å²) < 4.78 is 5.01. The molecule has 0 bridgehead atoms. The van der Waals surface area contributed by atoms with Gasteiger partial charge >= 0.3 is 0 Å². The van der Waals surface area contributed by atoms with E-state index >= 15 is 0 Å². The maximum Gasteiger partial charge on any atom is 0.212 e. The van der Waals surface area contributed by atoms with Crippen molar-refractivity contribution in [2.45, 2.75) is 20.0 Å². The van der Waals surface area contributed by atoms with Crippen LogP contribution in [0.25, 0.3) is 0 Å². The van der Waals surface area contributed by atoms with Crippen LogP contribution < -0.4 is 10.1 Å². The van der Waals surface area contributed by atoms with Crippen LogP contribution in [0.1, 0.15) is 16.3 Å². The zero-order valence-electron chi connectivity index (χ0n) is 9.93. The molecule has 0 saturated carbocycles. The predicted molar refractivity (Wildman–Crippen MR) is 68.2 cm³/mol. The maximum absolute atomic E-state index is 5.01. The van der Waals surface area contributed by atoms with Gasteiger partial charge in [0.2, 0.25) is 5.88 Å². The van der Waals surface area contributed by atoms with Crippen LogP contribution in [0.4, 0.5) is 0 Å². The van der Waals surface area contributed by atoms with Gasteiger partial charge in [-0.15, -0.1) is 11.3 Å². The van der Waals surface area contributed by atoms with E-state index in [2.05, 4.69) is 20.7 Å². The molecule has 0 fully saturated rings. The number of pyridine rings is 1. The van der Waals surface area contributed by atoms with Gasteiger partial charge in [0.05, 0.1) is 17.8 Å². The summed E-state index contributed by atoms with van der Waals surface area (Å²) in [6.45, 7) is 3.59. The summed E-state index contributed by atoms with van der Waals surface area (Å²) in [4.78, 5) is 8.54. The van der Waals surface area contributed by atoms with E-state index in [0.29, 0.717) is 5.88 Å². The van der Waals surface area contributed by atoms with Crippen molar-refractivity contribution in [1.29, 1.82) is 0 Å². The molecule has 0 spiro atoms. The minimum atomic E-state index is 0.642. The monoisotopic (exact) mass is 249 g/mol. The first-order valence-corrected chi connectivity index (χ1v) is 6.26. The molecule has 17 heavy (non-hydrogen) atoms. The lowest BCUT2D eigenvalue weighted by molar-refractivity contribution is 0.397. The molecule has 0 atom stereocenters. The molecule has 4 nitrogen and oxygen atoms in total. The van der Waals surface area contributed by atoms with E-state index in [0.717, 1.165) is 29.4 Å². The van der Waals surface area contributed by atoms with Gasteiger partial charge in [-0.2, -0.15) is 0 Å². The number of methoxy groups -OCH3 is 1. The van der Waals surface area contributed by atoms with Gasteiger partial charge in [0.1, 0.15) is 0 Å². The number of ether oxygens (including phenoxy) is 1. The lowest BCUT2D eigenvalue weighted by Gasteiger charge is -2.03. The van der Waals surface area contributed by atoms with Gasteiger partial charge in [-0.3, -0.25) is 0 Å². The third-order valence-corrected chi connectivity index (χ3v) is 3.13. The van der Waals surface area contributed by atoms with E-state index in [1.165, 1.54) is 0 Å². The Balaban J connectivity index is 1.81. The predicted octanol–water partition coefficient (Wildman–Crippen LogP) is 2.14. The average Bonchev–Trinajstić information content (AvgIpc) is 2.76. The van der Waals surface area contributed by atoms with Crippen LogP contribution in [-0.2, 0) is 13.1 Å². The molecular weight excluding hydrogens is 234 g/mol. The van der Waals surface area contributed by atoms with Crippen molar-refractivity contribution in [2.24, 2.45) is 0 Å². The molecule has 0 aliphatic rings. The lowest BCUT2D eigenvalue weighted by Crippen LogP contribution is -2.13. The lowest BCUT2D eigenvalue weighted by atomic mass is 10.3. The quantitative estimate of drug-likeness (QED) is 0.882. The number of rotatable bonds is 5. The molecule has 90 valence electrons. The van der Waals surface area contributed by atoms with E-state index in [-0.39, 0.29) is 0 Å². The van der Waals surface area contributed by atoms with Crippen LogP contribution in [0.5, 0.6) is 5.88 Å². The highest BCUT2D eigenvalue weighted by Gasteiger charge is 1.99. The van der Waals surface area contributed by atoms with Gasteiger partial charge in [-0.25, -0.2) is 9.97 Å². The Bertz CT molecular complexity index is 467. The van der Waals surface area contributed by atoms with Gasteiger partial charge in [-0.1, -0.05) is 6.07 Å². The Morgan fingerprint density at radius 2 is 2.24 bits per heavy atom. The Labute approximate surface area is 105 Å². The molecule has 2 heterocycles. The second kappa shape index (κ2) is 5.75. The van der Waals surface area contributed by atoms with Gasteiger partial charge in [0.15, 0.2) is 0 Å². The van der Waals surface area contributed by atoms with E-state index in [1.807, 2.05) is 25.3 Å². The number of nitrogens with one attached hydrogen (secondary N) is 1. The standard InChI is InChI=1S/C12H15N3OS/c1-9-15-11(8-17-9)7-13-5-10-3-4-12(16-2)14-6-10/h3-4,6,8,13H,5,7H2,1-2H3. The number of hydrogen-bond donors (Lipinski definition) is 1. The summed E-state index contributed by atoms with van der Waals surface area (Å²) in [5.74, 6) is 0.642. The van der Waals surface area contributed by atoms with Crippen molar-refractivity contribution in [1.82, 2.24) is 15.3 Å². The SMILES string of the molecule is COc1ccc(CNCc2csc(C)n2)cn1. The molecule has 2 aromatic heterocycles. The van der Waals surface area contributed by atoms with Crippen LogP contribution >= 0.6 is 11.3 Å². The molecule has 0 unspecified atom stereocenters. The Morgan fingerprint density at radius 3 is 2.82 bits per heavy atom. The zero-order valence-corrected chi connectivity index (χ0v) is 10.8. The molecule has 1 N–H and O–H groups in total. The molecule has 0 aromatic carbocycles. The summed E-state index contributed by atoms with van der Waals surface area (Å²) in [5, 5.41) is 6.51. The number of aryl methyl sites for hydroxylation is 1. The van der Waals surface area contributed by atoms with E-state index in [9.17, 15) is 0 Å². The molecule has 2 aromatic rings. The van der Waals surface area contributed by atoms with Crippen molar-refractivity contribution in [2.75, 3.05) is 7.11 Å². The Hall–Kier alpha value is -1.46. The summed E-state index contributed by atoms with van der Waals surface area (Å²) in [7, 11) is 1.62. The number of nitrogens with zero attached hydrogens (tertiary/aromatic N) is 2. The third-order valence-electron chi connectivity index (χ3n) is 2.31. The minimum Gasteiger partial charge on any atom is -0.481 e. The summed E-state index contributed by atoms with van der Waals surface area (Å²) in [6.07, 6.45) is 1.82. The van der Waals surface area contributed by atoms with Crippen molar-refractivity contribution >= 4 is 11.3 Å². The van der Waals surface area contributed by atoms with Gasteiger partial charge in [0, 0.05) is 30.7 Å². The third kappa shape index (κ3) is 3.51. The van der Waals surface area contributed by atoms with Crippen LogP contribution in [0.2, 0.25) is 0 Å². The summed E-state index contributed by atoms with van der Waals surface area (Å²) >= 11 is 1.68. The molecule has 0 aliphatic heterocycles. The highest BCUT2D eigenvalue weighted by atomic mass is 32.1. The van der Waals surface area contributed by atoms with E-state index in [1.54, 1.807) is 18.4 Å². The first-order chi connectivity index (χ1) is 8.28. The summed E-state index contributed by atoms with van der Waals surface area (Å²) in [5.41, 5.74) is 2.23. The average molecular weight is 249 g/mol. The Kier molecular flexibility index (Phi) is 4.06. The molecule has 0 amide bonds. The first-order valence-electron chi connectivity index (χ1n) is 5.38. The molecule has 0 aliphatic carbocycles. The number of thiazole rings is 1. The molecule has 2 rings (SSSR count). The highest BCUT2D eigenvalue weighted by molar-refractivity contribution is 7.09. The molecule has 5 heteroatoms. The topological polar surface area (TPSA) is 47.0 Å². The first kappa shape index (κ1) is 12.0. The van der Waals surface area contributed by atoms with Crippen LogP contribution in [0.15, 0.2) is 23.7 Å². The second-order valence-electron chi connectivity index (χ2n) is 3.67. The van der Waals surface area contributed by atoms with E-state index in [4.69, 9.17) is 4.74 Å². The minimum absolute atomic E-state index is 0.642. The van der Waals surface area contributed by atoms with Crippen molar-refractivity contribution in [3.05, 3.63) is 40.0 Å². The fourth-order valence-corrected chi connectivity index (χ4v) is 2.07. The van der Waals surface area contributed by atoms with Crippen molar-refractivity contribution < 1.29 is 4.74 Å². The number of hydrogen-bond acceptors (Lipinski definition) is 5. The molecular formula is C12H15N3OS. The molecule has 0 saturated heterocycles. The summed E-state index contributed by atoms with van der Waals surface area (Å²) in [6, 6.07) is 3.87. The number of aromatic nitrogens is 2. The highest BCUT2D eigenvalue weighted by Crippen LogP contribution is 2.09. The fraction of sp³-hybridized carbons (Fsp3) is 0.333. The van der Waals surface area contributed by atoms with Crippen LogP contribution in [-0.4, -0.2) is 17.1 Å².